The van der Waals surface area contributed by atoms with Crippen LogP contribution in [0.25, 0.3) is 0 Å². The fourth-order valence-corrected chi connectivity index (χ4v) is 2.05. The fraction of sp³-hybridized carbons (Fsp3) is 0.250. The average Bonchev–Trinajstić information content (AvgIpc) is 2.40. The smallest absolute Gasteiger partial charge is 0.124 e. The maximum absolute atomic E-state index is 5.89. The molecule has 100 valence electrons. The van der Waals surface area contributed by atoms with Gasteiger partial charge in [0.1, 0.15) is 12.4 Å². The summed E-state index contributed by atoms with van der Waals surface area (Å²) in [5.41, 5.74) is 3.53. The van der Waals surface area contributed by atoms with Crippen molar-refractivity contribution >= 4 is 11.6 Å². The van der Waals surface area contributed by atoms with Crippen LogP contribution in [0.1, 0.15) is 16.7 Å². The van der Waals surface area contributed by atoms with Gasteiger partial charge in [-0.2, -0.15) is 0 Å². The SMILES string of the molecule is CNCc1cc(C)ccc1OCc1ccc(Cl)cc1. The van der Waals surface area contributed by atoms with E-state index in [1.165, 1.54) is 11.1 Å². The van der Waals surface area contributed by atoms with E-state index in [1.807, 2.05) is 37.4 Å². The minimum atomic E-state index is 0.553. The van der Waals surface area contributed by atoms with Crippen molar-refractivity contribution in [3.63, 3.8) is 0 Å². The molecule has 0 atom stereocenters. The summed E-state index contributed by atoms with van der Waals surface area (Å²) in [4.78, 5) is 0. The minimum absolute atomic E-state index is 0.553. The number of rotatable bonds is 5. The van der Waals surface area contributed by atoms with Crippen molar-refractivity contribution in [2.75, 3.05) is 7.05 Å². The lowest BCUT2D eigenvalue weighted by Crippen LogP contribution is -2.08. The highest BCUT2D eigenvalue weighted by molar-refractivity contribution is 6.30. The van der Waals surface area contributed by atoms with Crippen molar-refractivity contribution in [3.8, 4) is 5.75 Å². The van der Waals surface area contributed by atoms with E-state index in [9.17, 15) is 0 Å². The van der Waals surface area contributed by atoms with Crippen molar-refractivity contribution in [2.45, 2.75) is 20.1 Å². The number of halogens is 1. The molecule has 3 heteroatoms. The van der Waals surface area contributed by atoms with Gasteiger partial charge in [0.15, 0.2) is 0 Å². The summed E-state index contributed by atoms with van der Waals surface area (Å²) >= 11 is 5.86. The second-order valence-electron chi connectivity index (χ2n) is 4.56. The standard InChI is InChI=1S/C16H18ClNO/c1-12-3-8-16(14(9-12)10-18-2)19-11-13-4-6-15(17)7-5-13/h3-9,18H,10-11H2,1-2H3. The zero-order valence-electron chi connectivity index (χ0n) is 11.2. The van der Waals surface area contributed by atoms with Gasteiger partial charge in [0.05, 0.1) is 0 Å². The van der Waals surface area contributed by atoms with Crippen molar-refractivity contribution in [1.29, 1.82) is 0 Å². The molecule has 2 aromatic carbocycles. The van der Waals surface area contributed by atoms with Crippen LogP contribution in [-0.4, -0.2) is 7.05 Å². The first kappa shape index (κ1) is 13.9. The molecule has 0 aromatic heterocycles. The summed E-state index contributed by atoms with van der Waals surface area (Å²) in [5.74, 6) is 0.926. The lowest BCUT2D eigenvalue weighted by Gasteiger charge is -2.12. The summed E-state index contributed by atoms with van der Waals surface area (Å²) in [5, 5.41) is 3.91. The fourth-order valence-electron chi connectivity index (χ4n) is 1.92. The Morgan fingerprint density at radius 3 is 2.53 bits per heavy atom. The molecule has 2 nitrogen and oxygen atoms in total. The molecule has 0 radical (unpaired) electrons. The van der Waals surface area contributed by atoms with Gasteiger partial charge in [0.2, 0.25) is 0 Å². The highest BCUT2D eigenvalue weighted by Crippen LogP contribution is 2.21. The molecule has 0 saturated carbocycles. The summed E-state index contributed by atoms with van der Waals surface area (Å²) in [7, 11) is 1.94. The lowest BCUT2D eigenvalue weighted by atomic mass is 10.1. The second-order valence-corrected chi connectivity index (χ2v) is 4.99. The number of aryl methyl sites for hydroxylation is 1. The van der Waals surface area contributed by atoms with Crippen LogP contribution in [0.3, 0.4) is 0 Å². The van der Waals surface area contributed by atoms with Gasteiger partial charge in [-0.3, -0.25) is 0 Å². The predicted molar refractivity (Wildman–Crippen MR) is 79.7 cm³/mol. The van der Waals surface area contributed by atoms with Crippen LogP contribution in [0.2, 0.25) is 5.02 Å². The van der Waals surface area contributed by atoms with Crippen molar-refractivity contribution < 1.29 is 4.74 Å². The van der Waals surface area contributed by atoms with Crippen LogP contribution in [0.4, 0.5) is 0 Å². The Labute approximate surface area is 119 Å². The number of hydrogen-bond donors (Lipinski definition) is 1. The molecule has 19 heavy (non-hydrogen) atoms. The Balaban J connectivity index is 2.08. The predicted octanol–water partition coefficient (Wildman–Crippen LogP) is 3.95. The highest BCUT2D eigenvalue weighted by Gasteiger charge is 2.04. The summed E-state index contributed by atoms with van der Waals surface area (Å²) in [6.07, 6.45) is 0. The van der Waals surface area contributed by atoms with Crippen molar-refractivity contribution in [3.05, 3.63) is 64.2 Å². The number of hydrogen-bond acceptors (Lipinski definition) is 2. The average molecular weight is 276 g/mol. The van der Waals surface area contributed by atoms with Gasteiger partial charge in [0.25, 0.3) is 0 Å². The van der Waals surface area contributed by atoms with E-state index in [1.54, 1.807) is 0 Å². The third-order valence-electron chi connectivity index (χ3n) is 2.89. The number of ether oxygens (including phenoxy) is 1. The topological polar surface area (TPSA) is 21.3 Å². The molecule has 0 saturated heterocycles. The van der Waals surface area contributed by atoms with Gasteiger partial charge in [-0.25, -0.2) is 0 Å². The van der Waals surface area contributed by atoms with Crippen LogP contribution in [0, 0.1) is 6.92 Å². The maximum Gasteiger partial charge on any atom is 0.124 e. The molecular weight excluding hydrogens is 258 g/mol. The van der Waals surface area contributed by atoms with Gasteiger partial charge < -0.3 is 10.1 Å². The van der Waals surface area contributed by atoms with E-state index in [-0.39, 0.29) is 0 Å². The second kappa shape index (κ2) is 6.60. The summed E-state index contributed by atoms with van der Waals surface area (Å²) in [6, 6.07) is 14.0. The zero-order chi connectivity index (χ0) is 13.7. The quantitative estimate of drug-likeness (QED) is 0.892. The molecule has 0 aliphatic heterocycles. The number of nitrogens with one attached hydrogen (secondary N) is 1. The highest BCUT2D eigenvalue weighted by atomic mass is 35.5. The van der Waals surface area contributed by atoms with E-state index in [2.05, 4.69) is 24.4 Å². The molecule has 0 unspecified atom stereocenters. The molecule has 0 bridgehead atoms. The van der Waals surface area contributed by atoms with Crippen molar-refractivity contribution in [2.24, 2.45) is 0 Å². The molecule has 2 rings (SSSR count). The maximum atomic E-state index is 5.89. The van der Waals surface area contributed by atoms with E-state index in [0.717, 1.165) is 22.9 Å². The number of benzene rings is 2. The minimum Gasteiger partial charge on any atom is -0.489 e. The Hall–Kier alpha value is -1.51. The van der Waals surface area contributed by atoms with Gasteiger partial charge in [-0.15, -0.1) is 0 Å². The third kappa shape index (κ3) is 3.98. The molecular formula is C16H18ClNO. The molecule has 0 amide bonds. The Morgan fingerprint density at radius 2 is 1.84 bits per heavy atom. The van der Waals surface area contributed by atoms with Crippen LogP contribution in [0.5, 0.6) is 5.75 Å². The molecule has 0 fully saturated rings. The molecule has 0 aliphatic rings. The summed E-state index contributed by atoms with van der Waals surface area (Å²) in [6.45, 7) is 3.44. The third-order valence-corrected chi connectivity index (χ3v) is 3.14. The van der Waals surface area contributed by atoms with Crippen LogP contribution in [-0.2, 0) is 13.2 Å². The molecule has 0 heterocycles. The first-order valence-electron chi connectivity index (χ1n) is 6.30. The van der Waals surface area contributed by atoms with E-state index >= 15 is 0 Å². The van der Waals surface area contributed by atoms with Crippen LogP contribution >= 0.6 is 11.6 Å². The lowest BCUT2D eigenvalue weighted by molar-refractivity contribution is 0.302. The van der Waals surface area contributed by atoms with E-state index < -0.39 is 0 Å². The van der Waals surface area contributed by atoms with Gasteiger partial charge in [-0.05, 0) is 37.7 Å². The van der Waals surface area contributed by atoms with Crippen LogP contribution < -0.4 is 10.1 Å². The Bertz CT molecular complexity index is 537. The zero-order valence-corrected chi connectivity index (χ0v) is 12.0. The molecule has 2 aromatic rings. The van der Waals surface area contributed by atoms with E-state index in [4.69, 9.17) is 16.3 Å². The summed E-state index contributed by atoms with van der Waals surface area (Å²) < 4.78 is 5.89. The van der Waals surface area contributed by atoms with Crippen LogP contribution in [0.15, 0.2) is 42.5 Å². The first-order chi connectivity index (χ1) is 9.19. The van der Waals surface area contributed by atoms with Gasteiger partial charge in [0, 0.05) is 17.1 Å². The largest absolute Gasteiger partial charge is 0.489 e. The Kier molecular flexibility index (Phi) is 4.83. The first-order valence-corrected chi connectivity index (χ1v) is 6.68. The molecule has 1 N–H and O–H groups in total. The van der Waals surface area contributed by atoms with E-state index in [0.29, 0.717) is 6.61 Å². The molecule has 0 spiro atoms. The van der Waals surface area contributed by atoms with Gasteiger partial charge in [-0.1, -0.05) is 41.4 Å². The molecule has 0 aliphatic carbocycles. The van der Waals surface area contributed by atoms with Crippen molar-refractivity contribution in [1.82, 2.24) is 5.32 Å². The monoisotopic (exact) mass is 275 g/mol. The Morgan fingerprint density at radius 1 is 1.11 bits per heavy atom. The van der Waals surface area contributed by atoms with Gasteiger partial charge >= 0.3 is 0 Å². The normalized spacial score (nSPS) is 10.5.